The van der Waals surface area contributed by atoms with E-state index in [-0.39, 0.29) is 29.9 Å². The van der Waals surface area contributed by atoms with E-state index in [0.717, 1.165) is 37.6 Å². The molecule has 0 radical (unpaired) electrons. The Kier molecular flexibility index (Phi) is 7.38. The van der Waals surface area contributed by atoms with Crippen LogP contribution >= 0.6 is 10.2 Å². The molecule has 2 atom stereocenters. The molecule has 0 saturated carbocycles. The van der Waals surface area contributed by atoms with Crippen LogP contribution in [0.1, 0.15) is 56.6 Å². The molecule has 2 aliphatic rings. The van der Waals surface area contributed by atoms with Crippen LogP contribution in [0.3, 0.4) is 0 Å². The quantitative estimate of drug-likeness (QED) is 0.353. The van der Waals surface area contributed by atoms with Crippen molar-refractivity contribution in [2.45, 2.75) is 68.5 Å². The molecule has 4 nitrogen and oxygen atoms in total. The Hall–Kier alpha value is -2.24. The molecule has 2 fully saturated rings. The number of carbonyl (C=O) groups is 1. The molecule has 2 aromatic rings. The van der Waals surface area contributed by atoms with Crippen molar-refractivity contribution in [3.05, 3.63) is 65.5 Å². The van der Waals surface area contributed by atoms with E-state index in [9.17, 15) is 28.6 Å². The second-order valence-corrected chi connectivity index (χ2v) is 13.1. The number of likely N-dealkylation sites (tertiary alicyclic amines) is 1. The fourth-order valence-corrected chi connectivity index (χ4v) is 6.24. The minimum absolute atomic E-state index is 0.0688. The average Bonchev–Trinajstić information content (AvgIpc) is 2.86. The summed E-state index contributed by atoms with van der Waals surface area (Å²) in [7, 11) is -9.81. The Bertz CT molecular complexity index is 1140. The Morgan fingerprint density at radius 2 is 1.71 bits per heavy atom. The summed E-state index contributed by atoms with van der Waals surface area (Å²) in [5.74, 6) is -0.544. The molecule has 11 heteroatoms. The number of hydrogen-bond acceptors (Lipinski definition) is 3. The van der Waals surface area contributed by atoms with Gasteiger partial charge in [-0.1, -0.05) is 57.5 Å². The van der Waals surface area contributed by atoms with E-state index in [1.807, 2.05) is 26.0 Å². The summed E-state index contributed by atoms with van der Waals surface area (Å²) in [5.41, 5.74) is -0.0889. The van der Waals surface area contributed by atoms with E-state index in [4.69, 9.17) is 4.74 Å². The van der Waals surface area contributed by atoms with Crippen LogP contribution in [0.4, 0.5) is 23.8 Å². The predicted octanol–water partition coefficient (Wildman–Crippen LogP) is 7.55. The van der Waals surface area contributed by atoms with Gasteiger partial charge in [-0.25, -0.2) is 4.39 Å². The highest BCUT2D eigenvalue weighted by atomic mass is 32.5. The van der Waals surface area contributed by atoms with Crippen molar-refractivity contribution in [1.29, 1.82) is 0 Å². The molecule has 0 spiro atoms. The smallest absolute Gasteiger partial charge is 0.310 e. The van der Waals surface area contributed by atoms with Gasteiger partial charge in [0.1, 0.15) is 16.3 Å². The third-order valence-corrected chi connectivity index (χ3v) is 9.03. The van der Waals surface area contributed by atoms with Gasteiger partial charge in [-0.2, -0.15) is 0 Å². The van der Waals surface area contributed by atoms with Crippen LogP contribution in [0, 0.1) is 11.7 Å². The lowest BCUT2D eigenvalue weighted by Crippen LogP contribution is -2.58. The van der Waals surface area contributed by atoms with Crippen LogP contribution in [0.25, 0.3) is 0 Å². The second-order valence-electron chi connectivity index (χ2n) is 10.7. The standard InChI is InChI=1S/C27H34F6N2O2S/c1-19(2)27(26(36)34-17-20-4-3-5-25(16-20)38(29,30,31,32)33)13-10-24(18-37-27)35-14-11-22(12-15-35)21-6-8-23(28)9-7-21/h3-9,16,19,22,24H,10-15,17-18H2,1-2H3,(H,34,36)/t24-,27+/m1/s1. The van der Waals surface area contributed by atoms with Crippen LogP contribution in [-0.4, -0.2) is 42.1 Å². The summed E-state index contributed by atoms with van der Waals surface area (Å²) < 4.78 is 85.3. The molecule has 0 aliphatic carbocycles. The summed E-state index contributed by atoms with van der Waals surface area (Å²) in [6, 6.07) is 9.68. The van der Waals surface area contributed by atoms with Crippen molar-refractivity contribution >= 4 is 16.1 Å². The normalized spacial score (nSPS) is 25.6. The topological polar surface area (TPSA) is 41.6 Å². The second kappa shape index (κ2) is 9.75. The molecule has 212 valence electrons. The summed E-state index contributed by atoms with van der Waals surface area (Å²) in [6.07, 6.45) is 3.03. The molecule has 2 saturated heterocycles. The van der Waals surface area contributed by atoms with Gasteiger partial charge >= 0.3 is 10.2 Å². The molecular weight excluding hydrogens is 530 g/mol. The van der Waals surface area contributed by atoms with Gasteiger partial charge in [0, 0.05) is 12.6 Å². The number of nitrogens with zero attached hydrogens (tertiary/aromatic N) is 1. The molecule has 4 rings (SSSR count). The van der Waals surface area contributed by atoms with Crippen molar-refractivity contribution < 1.29 is 33.4 Å². The van der Waals surface area contributed by atoms with Crippen LogP contribution in [0.15, 0.2) is 53.4 Å². The first-order chi connectivity index (χ1) is 17.6. The highest BCUT2D eigenvalue weighted by molar-refractivity contribution is 8.45. The van der Waals surface area contributed by atoms with E-state index in [0.29, 0.717) is 37.5 Å². The third-order valence-electron chi connectivity index (χ3n) is 7.88. The van der Waals surface area contributed by atoms with Crippen LogP contribution < -0.4 is 5.32 Å². The van der Waals surface area contributed by atoms with Crippen molar-refractivity contribution in [2.24, 2.45) is 5.92 Å². The van der Waals surface area contributed by atoms with E-state index < -0.39 is 26.6 Å². The van der Waals surface area contributed by atoms with E-state index >= 15 is 0 Å². The molecule has 0 aromatic heterocycles. The van der Waals surface area contributed by atoms with Gasteiger partial charge < -0.3 is 10.1 Å². The largest absolute Gasteiger partial charge is 0.363 e. The lowest BCUT2D eigenvalue weighted by atomic mass is 9.80. The molecule has 0 bridgehead atoms. The number of rotatable bonds is 7. The molecular formula is C27H34F6N2O2S. The number of halogens is 6. The molecule has 0 unspecified atom stereocenters. The van der Waals surface area contributed by atoms with Crippen molar-refractivity contribution in [1.82, 2.24) is 10.2 Å². The molecule has 2 aromatic carbocycles. The van der Waals surface area contributed by atoms with Crippen molar-refractivity contribution in [3.63, 3.8) is 0 Å². The number of piperidine rings is 1. The molecule has 1 N–H and O–H groups in total. The van der Waals surface area contributed by atoms with Gasteiger partial charge in [0.25, 0.3) is 5.91 Å². The summed E-state index contributed by atoms with van der Waals surface area (Å²) in [5, 5.41) is 2.61. The molecule has 38 heavy (non-hydrogen) atoms. The number of hydrogen-bond donors (Lipinski definition) is 1. The van der Waals surface area contributed by atoms with E-state index in [1.165, 1.54) is 18.2 Å². The van der Waals surface area contributed by atoms with E-state index in [1.54, 1.807) is 0 Å². The number of nitrogens with one attached hydrogen (secondary N) is 1. The first-order valence-electron chi connectivity index (χ1n) is 12.8. The van der Waals surface area contributed by atoms with Gasteiger partial charge in [-0.05, 0) is 86.0 Å². The minimum atomic E-state index is -9.81. The van der Waals surface area contributed by atoms with Gasteiger partial charge in [0.2, 0.25) is 0 Å². The molecule has 2 heterocycles. The maximum Gasteiger partial charge on any atom is 0.310 e. The molecule has 2 aliphatic heterocycles. The Morgan fingerprint density at radius 1 is 1.05 bits per heavy atom. The first kappa shape index (κ1) is 28.8. The van der Waals surface area contributed by atoms with Crippen molar-refractivity contribution in [2.75, 3.05) is 19.7 Å². The highest BCUT2D eigenvalue weighted by Crippen LogP contribution is 3.02. The van der Waals surface area contributed by atoms with Gasteiger partial charge in [0.05, 0.1) is 6.61 Å². The van der Waals surface area contributed by atoms with Crippen molar-refractivity contribution in [3.8, 4) is 0 Å². The van der Waals surface area contributed by atoms with E-state index in [2.05, 4.69) is 10.2 Å². The number of carbonyl (C=O) groups excluding carboxylic acids is 1. The fraction of sp³-hybridized carbons (Fsp3) is 0.519. The van der Waals surface area contributed by atoms with Gasteiger partial charge in [-0.3, -0.25) is 9.69 Å². The fourth-order valence-electron chi connectivity index (χ4n) is 5.53. The minimum Gasteiger partial charge on any atom is -0.363 e. The first-order valence-corrected chi connectivity index (χ1v) is 14.8. The Morgan fingerprint density at radius 3 is 2.26 bits per heavy atom. The highest BCUT2D eigenvalue weighted by Gasteiger charge is 2.65. The summed E-state index contributed by atoms with van der Waals surface area (Å²) in [4.78, 5) is 13.6. The summed E-state index contributed by atoms with van der Waals surface area (Å²) in [6.45, 7) is 5.44. The monoisotopic (exact) mass is 564 g/mol. The van der Waals surface area contributed by atoms with Crippen LogP contribution in [-0.2, 0) is 16.1 Å². The number of amides is 1. The zero-order valence-electron chi connectivity index (χ0n) is 21.4. The number of ether oxygens (including phenoxy) is 1. The maximum atomic E-state index is 13.2. The SMILES string of the molecule is CC(C)[C@]1(C(=O)NCc2cccc(S(F)(F)(F)(F)F)c2)CC[C@@H](N2CCC(c3ccc(F)cc3)CC2)CO1. The lowest BCUT2D eigenvalue weighted by molar-refractivity contribution is -0.170. The lowest BCUT2D eigenvalue weighted by Gasteiger charge is -2.46. The maximum absolute atomic E-state index is 13.2. The van der Waals surface area contributed by atoms with Crippen LogP contribution in [0.2, 0.25) is 0 Å². The zero-order valence-corrected chi connectivity index (χ0v) is 22.3. The van der Waals surface area contributed by atoms with Gasteiger partial charge in [-0.15, -0.1) is 0 Å². The third kappa shape index (κ3) is 6.48. The molecule has 1 amide bonds. The Labute approximate surface area is 219 Å². The Balaban J connectivity index is 1.34. The number of benzene rings is 2. The van der Waals surface area contributed by atoms with Gasteiger partial charge in [0.15, 0.2) is 0 Å². The average molecular weight is 565 g/mol. The summed E-state index contributed by atoms with van der Waals surface area (Å²) >= 11 is 0. The predicted molar refractivity (Wildman–Crippen MR) is 136 cm³/mol. The zero-order chi connectivity index (χ0) is 27.8. The van der Waals surface area contributed by atoms with Crippen LogP contribution in [0.5, 0.6) is 0 Å².